The molecule has 1 saturated heterocycles. The molecule has 1 N–H and O–H groups in total. The maximum atomic E-state index is 13.3. The molecule has 1 aliphatic heterocycles. The number of amides is 1. The number of aliphatic hydroxyl groups is 1. The van der Waals surface area contributed by atoms with Crippen LogP contribution in [0.1, 0.15) is 45.9 Å². The lowest BCUT2D eigenvalue weighted by Crippen LogP contribution is -2.29. The van der Waals surface area contributed by atoms with Gasteiger partial charge >= 0.3 is 11.9 Å². The van der Waals surface area contributed by atoms with Crippen molar-refractivity contribution in [1.82, 2.24) is 4.98 Å². The number of Topliss-reactive ketones (excluding diaryl/α,β-unsaturated/α-hetero) is 1. The van der Waals surface area contributed by atoms with E-state index >= 15 is 0 Å². The summed E-state index contributed by atoms with van der Waals surface area (Å²) in [6.07, 6.45) is 0.804. The summed E-state index contributed by atoms with van der Waals surface area (Å²) in [5.41, 5.74) is 1.11. The number of ether oxygens (including phenoxy) is 2. The molecule has 1 atom stereocenters. The fourth-order valence-electron chi connectivity index (χ4n) is 3.87. The lowest BCUT2D eigenvalue weighted by atomic mass is 9.95. The van der Waals surface area contributed by atoms with Crippen molar-refractivity contribution in [2.75, 3.05) is 18.6 Å². The van der Waals surface area contributed by atoms with Gasteiger partial charge in [-0.3, -0.25) is 14.5 Å². The Kier molecular flexibility index (Phi) is 7.42. The average Bonchev–Trinajstić information content (AvgIpc) is 3.39. The lowest BCUT2D eigenvalue weighted by molar-refractivity contribution is -0.132. The molecular weight excluding hydrogens is 504 g/mol. The number of benzene rings is 2. The number of thiazole rings is 1. The number of esters is 1. The summed E-state index contributed by atoms with van der Waals surface area (Å²) in [6.45, 7) is 4.08. The molecule has 0 aliphatic carbocycles. The number of aliphatic hydroxyl groups excluding tert-OH is 1. The first-order chi connectivity index (χ1) is 17.3. The molecular formula is C26H23ClN2O6S. The summed E-state index contributed by atoms with van der Waals surface area (Å²) in [6, 6.07) is 12.3. The number of methoxy groups -OCH3 is 1. The minimum atomic E-state index is -1.00. The predicted octanol–water partition coefficient (Wildman–Crippen LogP) is 5.31. The monoisotopic (exact) mass is 526 g/mol. The summed E-state index contributed by atoms with van der Waals surface area (Å²) >= 11 is 7.01. The molecule has 4 rings (SSSR count). The second-order valence-corrected chi connectivity index (χ2v) is 9.41. The third kappa shape index (κ3) is 4.72. The normalized spacial score (nSPS) is 16.9. The molecule has 8 nitrogen and oxygen atoms in total. The number of carbonyl (C=O) groups is 3. The second-order valence-electron chi connectivity index (χ2n) is 8.00. The highest BCUT2D eigenvalue weighted by Crippen LogP contribution is 2.44. The molecule has 1 amide bonds. The number of anilines is 1. The van der Waals surface area contributed by atoms with E-state index in [2.05, 4.69) is 4.98 Å². The number of aryl methyl sites for hydroxylation is 1. The molecule has 0 radical (unpaired) electrons. The van der Waals surface area contributed by atoms with E-state index in [1.807, 2.05) is 6.92 Å². The van der Waals surface area contributed by atoms with E-state index in [9.17, 15) is 19.5 Å². The predicted molar refractivity (Wildman–Crippen MR) is 137 cm³/mol. The van der Waals surface area contributed by atoms with Gasteiger partial charge in [0.15, 0.2) is 5.13 Å². The molecule has 0 spiro atoms. The van der Waals surface area contributed by atoms with E-state index in [1.165, 1.54) is 12.0 Å². The van der Waals surface area contributed by atoms with Crippen LogP contribution >= 0.6 is 22.9 Å². The molecule has 10 heteroatoms. The molecule has 36 heavy (non-hydrogen) atoms. The molecule has 0 bridgehead atoms. The van der Waals surface area contributed by atoms with E-state index in [0.717, 1.165) is 17.8 Å². The van der Waals surface area contributed by atoms with Gasteiger partial charge in [0.1, 0.15) is 16.4 Å². The van der Waals surface area contributed by atoms with Gasteiger partial charge in [0.2, 0.25) is 0 Å². The second kappa shape index (κ2) is 10.5. The summed E-state index contributed by atoms with van der Waals surface area (Å²) < 4.78 is 10.5. The van der Waals surface area contributed by atoms with Gasteiger partial charge in [-0.05, 0) is 43.2 Å². The van der Waals surface area contributed by atoms with Gasteiger partial charge in [0.05, 0.1) is 31.0 Å². The molecule has 3 aromatic rings. The first kappa shape index (κ1) is 25.4. The zero-order valence-electron chi connectivity index (χ0n) is 19.8. The molecule has 1 unspecified atom stereocenters. The van der Waals surface area contributed by atoms with Crippen molar-refractivity contribution >= 4 is 51.5 Å². The Bertz CT molecular complexity index is 1370. The smallest absolute Gasteiger partial charge is 0.350 e. The highest BCUT2D eigenvalue weighted by molar-refractivity contribution is 7.17. The molecule has 2 heterocycles. The molecule has 1 aromatic heterocycles. The van der Waals surface area contributed by atoms with Crippen LogP contribution in [0, 0.1) is 6.92 Å². The fourth-order valence-corrected chi connectivity index (χ4v) is 5.00. The minimum Gasteiger partial charge on any atom is -0.507 e. The third-order valence-corrected chi connectivity index (χ3v) is 6.96. The minimum absolute atomic E-state index is 0.109. The maximum Gasteiger partial charge on any atom is 0.350 e. The standard InChI is InChI=1S/C26H23ClN2O6S/c1-4-12-35-18-7-5-6-16(13-18)21(30)19-20(15-8-10-17(27)11-9-15)29(24(32)22(19)31)26-28-14(2)23(36-26)25(33)34-3/h5-11,13,20,30H,4,12H2,1-3H3. The summed E-state index contributed by atoms with van der Waals surface area (Å²) in [7, 11) is 1.25. The van der Waals surface area contributed by atoms with Crippen LogP contribution in [0.15, 0.2) is 54.1 Å². The number of ketones is 1. The summed E-state index contributed by atoms with van der Waals surface area (Å²) in [5, 5.41) is 11.9. The molecule has 1 fully saturated rings. The summed E-state index contributed by atoms with van der Waals surface area (Å²) in [5.74, 6) is -2.17. The zero-order chi connectivity index (χ0) is 26.0. The third-order valence-electron chi connectivity index (χ3n) is 5.57. The van der Waals surface area contributed by atoms with Crippen molar-refractivity contribution in [2.45, 2.75) is 26.3 Å². The van der Waals surface area contributed by atoms with E-state index in [4.69, 9.17) is 21.1 Å². The number of hydrogen-bond acceptors (Lipinski definition) is 8. The van der Waals surface area contributed by atoms with Crippen LogP contribution in [-0.2, 0) is 14.3 Å². The van der Waals surface area contributed by atoms with E-state index in [1.54, 1.807) is 55.5 Å². The topological polar surface area (TPSA) is 106 Å². The van der Waals surface area contributed by atoms with Gasteiger partial charge < -0.3 is 14.6 Å². The molecule has 1 aliphatic rings. The van der Waals surface area contributed by atoms with Gasteiger partial charge in [-0.25, -0.2) is 9.78 Å². The van der Waals surface area contributed by atoms with Crippen molar-refractivity contribution < 1.29 is 29.0 Å². The number of hydrogen-bond donors (Lipinski definition) is 1. The van der Waals surface area contributed by atoms with Crippen molar-refractivity contribution in [3.05, 3.63) is 80.8 Å². The molecule has 2 aromatic carbocycles. The lowest BCUT2D eigenvalue weighted by Gasteiger charge is -2.23. The van der Waals surface area contributed by atoms with Crippen LogP contribution in [0.2, 0.25) is 5.02 Å². The van der Waals surface area contributed by atoms with Crippen molar-refractivity contribution in [3.63, 3.8) is 0 Å². The van der Waals surface area contributed by atoms with Crippen LogP contribution in [0.3, 0.4) is 0 Å². The molecule has 0 saturated carbocycles. The first-order valence-electron chi connectivity index (χ1n) is 11.1. The average molecular weight is 527 g/mol. The highest BCUT2D eigenvalue weighted by Gasteiger charge is 2.48. The van der Waals surface area contributed by atoms with Gasteiger partial charge in [-0.2, -0.15) is 0 Å². The maximum absolute atomic E-state index is 13.3. The van der Waals surface area contributed by atoms with Gasteiger partial charge in [-0.15, -0.1) is 0 Å². The van der Waals surface area contributed by atoms with Crippen LogP contribution in [0.5, 0.6) is 5.75 Å². The van der Waals surface area contributed by atoms with E-state index in [-0.39, 0.29) is 21.3 Å². The Labute approximate surface area is 216 Å². The van der Waals surface area contributed by atoms with Crippen LogP contribution in [-0.4, -0.2) is 41.5 Å². The number of rotatable bonds is 7. The molecule has 186 valence electrons. The quantitative estimate of drug-likeness (QED) is 0.192. The first-order valence-corrected chi connectivity index (χ1v) is 12.3. The van der Waals surface area contributed by atoms with Gasteiger partial charge in [0, 0.05) is 10.6 Å². The van der Waals surface area contributed by atoms with Gasteiger partial charge in [-0.1, -0.05) is 54.1 Å². The van der Waals surface area contributed by atoms with E-state index in [0.29, 0.717) is 34.2 Å². The van der Waals surface area contributed by atoms with E-state index < -0.39 is 23.7 Å². The van der Waals surface area contributed by atoms with Crippen molar-refractivity contribution in [3.8, 4) is 5.75 Å². The Morgan fingerprint density at radius 3 is 2.58 bits per heavy atom. The van der Waals surface area contributed by atoms with Crippen LogP contribution in [0.4, 0.5) is 5.13 Å². The SMILES string of the molecule is CCCOc1cccc(C(O)=C2C(=O)C(=O)N(c3nc(C)c(C(=O)OC)s3)C2c2ccc(Cl)cc2)c1. The highest BCUT2D eigenvalue weighted by atomic mass is 35.5. The Hall–Kier alpha value is -3.69. The van der Waals surface area contributed by atoms with Crippen molar-refractivity contribution in [2.24, 2.45) is 0 Å². The zero-order valence-corrected chi connectivity index (χ0v) is 21.4. The van der Waals surface area contributed by atoms with Gasteiger partial charge in [0.25, 0.3) is 5.78 Å². The number of nitrogens with zero attached hydrogens (tertiary/aromatic N) is 2. The fraction of sp³-hybridized carbons (Fsp3) is 0.231. The van der Waals surface area contributed by atoms with Crippen LogP contribution in [0.25, 0.3) is 5.76 Å². The Morgan fingerprint density at radius 2 is 1.92 bits per heavy atom. The summed E-state index contributed by atoms with van der Waals surface area (Å²) in [4.78, 5) is 44.6. The Morgan fingerprint density at radius 1 is 1.19 bits per heavy atom. The number of aromatic nitrogens is 1. The van der Waals surface area contributed by atoms with Crippen LogP contribution < -0.4 is 9.64 Å². The number of halogens is 1. The number of carbonyl (C=O) groups excluding carboxylic acids is 3. The Balaban J connectivity index is 1.89. The largest absolute Gasteiger partial charge is 0.507 e. The van der Waals surface area contributed by atoms with Crippen molar-refractivity contribution in [1.29, 1.82) is 0 Å².